The summed E-state index contributed by atoms with van der Waals surface area (Å²) in [5, 5.41) is 0.268. The van der Waals surface area contributed by atoms with E-state index in [4.69, 9.17) is 21.1 Å². The fraction of sp³-hybridized carbons (Fsp3) is 0.455. The number of amides is 1. The molecule has 6 nitrogen and oxygen atoms in total. The van der Waals surface area contributed by atoms with Crippen LogP contribution in [-0.2, 0) is 10.9 Å². The molecule has 2 aliphatic heterocycles. The van der Waals surface area contributed by atoms with Crippen LogP contribution in [0.3, 0.4) is 0 Å². The van der Waals surface area contributed by atoms with E-state index in [0.29, 0.717) is 56.5 Å². The van der Waals surface area contributed by atoms with Crippen LogP contribution in [0.15, 0.2) is 36.5 Å². The monoisotopic (exact) mass is 469 g/mol. The van der Waals surface area contributed by atoms with Gasteiger partial charge in [0.15, 0.2) is 0 Å². The van der Waals surface area contributed by atoms with Gasteiger partial charge in [-0.25, -0.2) is 4.98 Å². The number of hydrogen-bond acceptors (Lipinski definition) is 5. The largest absolute Gasteiger partial charge is 0.473 e. The molecule has 32 heavy (non-hydrogen) atoms. The van der Waals surface area contributed by atoms with Crippen LogP contribution in [0.5, 0.6) is 5.88 Å². The average Bonchev–Trinajstić information content (AvgIpc) is 2.80. The fourth-order valence-corrected chi connectivity index (χ4v) is 4.02. The summed E-state index contributed by atoms with van der Waals surface area (Å²) in [6, 6.07) is 6.78. The first-order valence-corrected chi connectivity index (χ1v) is 10.8. The lowest BCUT2D eigenvalue weighted by Crippen LogP contribution is -2.48. The molecular weight excluding hydrogens is 447 g/mol. The molecule has 0 aliphatic carbocycles. The molecule has 10 heteroatoms. The van der Waals surface area contributed by atoms with Crippen LogP contribution in [0.4, 0.5) is 18.9 Å². The van der Waals surface area contributed by atoms with Crippen molar-refractivity contribution in [2.24, 2.45) is 0 Å². The van der Waals surface area contributed by atoms with E-state index in [1.807, 2.05) is 4.90 Å². The minimum absolute atomic E-state index is 0.0146. The molecule has 3 heterocycles. The zero-order chi connectivity index (χ0) is 22.7. The molecule has 0 N–H and O–H groups in total. The molecule has 0 spiro atoms. The van der Waals surface area contributed by atoms with E-state index in [9.17, 15) is 18.0 Å². The molecule has 1 amide bonds. The van der Waals surface area contributed by atoms with Gasteiger partial charge in [-0.05, 0) is 24.3 Å². The lowest BCUT2D eigenvalue weighted by molar-refractivity contribution is -0.137. The predicted octanol–water partition coefficient (Wildman–Crippen LogP) is 4.27. The molecule has 2 fully saturated rings. The molecule has 4 rings (SSSR count). The Morgan fingerprint density at radius 2 is 1.84 bits per heavy atom. The van der Waals surface area contributed by atoms with Gasteiger partial charge in [-0.2, -0.15) is 13.2 Å². The third-order valence-electron chi connectivity index (χ3n) is 5.61. The summed E-state index contributed by atoms with van der Waals surface area (Å²) in [4.78, 5) is 20.6. The second-order valence-electron chi connectivity index (χ2n) is 7.77. The van der Waals surface area contributed by atoms with Gasteiger partial charge < -0.3 is 19.3 Å². The maximum atomic E-state index is 13.0. The Hall–Kier alpha value is -2.52. The molecule has 2 aromatic rings. The number of anilines is 1. The molecular formula is C22H23ClF3N3O3. The summed E-state index contributed by atoms with van der Waals surface area (Å²) in [6.07, 6.45) is -1.44. The zero-order valence-corrected chi connectivity index (χ0v) is 18.0. The summed E-state index contributed by atoms with van der Waals surface area (Å²) in [6.45, 7) is 2.88. The molecule has 0 atom stereocenters. The molecule has 2 aliphatic rings. The maximum Gasteiger partial charge on any atom is 0.416 e. The Bertz CT molecular complexity index is 959. The number of ether oxygens (including phenoxy) is 2. The Morgan fingerprint density at radius 1 is 1.12 bits per heavy atom. The van der Waals surface area contributed by atoms with Crippen molar-refractivity contribution in [3.05, 3.63) is 52.7 Å². The minimum Gasteiger partial charge on any atom is -0.473 e. The molecule has 2 saturated heterocycles. The highest BCUT2D eigenvalue weighted by Gasteiger charge is 2.31. The van der Waals surface area contributed by atoms with E-state index in [2.05, 4.69) is 4.98 Å². The molecule has 1 aromatic carbocycles. The minimum atomic E-state index is -4.39. The van der Waals surface area contributed by atoms with Crippen LogP contribution >= 0.6 is 11.6 Å². The van der Waals surface area contributed by atoms with Crippen molar-refractivity contribution in [2.45, 2.75) is 25.1 Å². The van der Waals surface area contributed by atoms with E-state index in [-0.39, 0.29) is 17.0 Å². The van der Waals surface area contributed by atoms with Crippen LogP contribution in [0.2, 0.25) is 5.02 Å². The number of nitrogens with zero attached hydrogens (tertiary/aromatic N) is 3. The number of hydrogen-bond donors (Lipinski definition) is 0. The van der Waals surface area contributed by atoms with E-state index in [0.717, 1.165) is 25.0 Å². The average molecular weight is 470 g/mol. The molecule has 0 saturated carbocycles. The second kappa shape index (κ2) is 9.54. The topological polar surface area (TPSA) is 54.9 Å². The van der Waals surface area contributed by atoms with Gasteiger partial charge in [0, 0.05) is 50.9 Å². The SMILES string of the molecule is O=C(c1cnc(OC2CCOCC2)c(Cl)c1)N1CCN(c2cccc(C(F)(F)F)c2)CC1. The van der Waals surface area contributed by atoms with Gasteiger partial charge >= 0.3 is 6.18 Å². The number of aromatic nitrogens is 1. The van der Waals surface area contributed by atoms with Crippen LogP contribution in [-0.4, -0.2) is 61.3 Å². The van der Waals surface area contributed by atoms with Crippen molar-refractivity contribution in [1.29, 1.82) is 0 Å². The van der Waals surface area contributed by atoms with E-state index in [1.165, 1.54) is 12.3 Å². The number of carbonyl (C=O) groups is 1. The van der Waals surface area contributed by atoms with Crippen molar-refractivity contribution in [1.82, 2.24) is 9.88 Å². The quantitative estimate of drug-likeness (QED) is 0.669. The highest BCUT2D eigenvalue weighted by atomic mass is 35.5. The summed E-state index contributed by atoms with van der Waals surface area (Å²) in [7, 11) is 0. The Labute approximate surface area is 188 Å². The van der Waals surface area contributed by atoms with E-state index >= 15 is 0 Å². The van der Waals surface area contributed by atoms with Gasteiger partial charge in [0.25, 0.3) is 5.91 Å². The van der Waals surface area contributed by atoms with Crippen molar-refractivity contribution in [2.75, 3.05) is 44.3 Å². The summed E-state index contributed by atoms with van der Waals surface area (Å²) < 4.78 is 50.1. The first-order valence-electron chi connectivity index (χ1n) is 10.4. The Balaban J connectivity index is 1.36. The van der Waals surface area contributed by atoms with Gasteiger partial charge in [0.1, 0.15) is 11.1 Å². The fourth-order valence-electron chi connectivity index (χ4n) is 3.81. The van der Waals surface area contributed by atoms with Gasteiger partial charge in [-0.1, -0.05) is 17.7 Å². The van der Waals surface area contributed by atoms with E-state index in [1.54, 1.807) is 17.0 Å². The van der Waals surface area contributed by atoms with Crippen LogP contribution in [0, 0.1) is 0 Å². The zero-order valence-electron chi connectivity index (χ0n) is 17.3. The molecule has 172 valence electrons. The lowest BCUT2D eigenvalue weighted by atomic mass is 10.1. The third kappa shape index (κ3) is 5.27. The number of benzene rings is 1. The highest BCUT2D eigenvalue weighted by Crippen LogP contribution is 2.32. The number of alkyl halides is 3. The predicted molar refractivity (Wildman–Crippen MR) is 113 cm³/mol. The van der Waals surface area contributed by atoms with Crippen molar-refractivity contribution in [3.8, 4) is 5.88 Å². The molecule has 1 aromatic heterocycles. The Kier molecular flexibility index (Phi) is 6.76. The number of halogens is 4. The third-order valence-corrected chi connectivity index (χ3v) is 5.88. The van der Waals surface area contributed by atoms with E-state index < -0.39 is 11.7 Å². The van der Waals surface area contributed by atoms with Crippen LogP contribution < -0.4 is 9.64 Å². The maximum absolute atomic E-state index is 13.0. The molecule has 0 unspecified atom stereocenters. The van der Waals surface area contributed by atoms with Crippen molar-refractivity contribution >= 4 is 23.2 Å². The normalized spacial score (nSPS) is 18.0. The van der Waals surface area contributed by atoms with Gasteiger partial charge in [-0.15, -0.1) is 0 Å². The van der Waals surface area contributed by atoms with Crippen molar-refractivity contribution in [3.63, 3.8) is 0 Å². The number of rotatable bonds is 4. The first kappa shape index (κ1) is 22.7. The van der Waals surface area contributed by atoms with Gasteiger partial charge in [0.05, 0.1) is 24.3 Å². The first-order chi connectivity index (χ1) is 15.3. The van der Waals surface area contributed by atoms with Gasteiger partial charge in [-0.3, -0.25) is 4.79 Å². The summed E-state index contributed by atoms with van der Waals surface area (Å²) >= 11 is 6.30. The number of carbonyl (C=O) groups excluding carboxylic acids is 1. The highest BCUT2D eigenvalue weighted by molar-refractivity contribution is 6.32. The van der Waals surface area contributed by atoms with Crippen molar-refractivity contribution < 1.29 is 27.4 Å². The smallest absolute Gasteiger partial charge is 0.416 e. The number of piperazine rings is 1. The standard InChI is InChI=1S/C22H23ClF3N3O3/c23-19-12-15(14-27-20(19)32-18-4-10-31-11-5-18)21(30)29-8-6-28(7-9-29)17-3-1-2-16(13-17)22(24,25)26/h1-3,12-14,18H,4-11H2. The lowest BCUT2D eigenvalue weighted by Gasteiger charge is -2.36. The summed E-state index contributed by atoms with van der Waals surface area (Å²) in [5.41, 5.74) is 0.158. The van der Waals surface area contributed by atoms with Crippen LogP contribution in [0.25, 0.3) is 0 Å². The number of pyridine rings is 1. The van der Waals surface area contributed by atoms with Gasteiger partial charge in [0.2, 0.25) is 5.88 Å². The second-order valence-corrected chi connectivity index (χ2v) is 8.18. The van der Waals surface area contributed by atoms with Crippen LogP contribution in [0.1, 0.15) is 28.8 Å². The molecule has 0 radical (unpaired) electrons. The summed E-state index contributed by atoms with van der Waals surface area (Å²) in [5.74, 6) is 0.0743. The molecule has 0 bridgehead atoms. The Morgan fingerprint density at radius 3 is 2.50 bits per heavy atom.